The first-order chi connectivity index (χ1) is 13.1. The number of benzene rings is 2. The summed E-state index contributed by atoms with van der Waals surface area (Å²) in [6, 6.07) is 18.5. The Balaban J connectivity index is 1.87. The molecule has 0 saturated carbocycles. The standard InChI is InChI=1S/C21H18ClFN2O2/c1-15(27-19-11-5-4-10-18(19)23)21(26)25(20-12-6-7-13-24-20)14-16-8-2-3-9-17(16)22/h2-13,15H,14H2,1H3. The summed E-state index contributed by atoms with van der Waals surface area (Å²) in [6.07, 6.45) is 0.691. The Bertz CT molecular complexity index is 921. The van der Waals surface area contributed by atoms with E-state index in [0.717, 1.165) is 5.56 Å². The van der Waals surface area contributed by atoms with Crippen molar-refractivity contribution in [1.82, 2.24) is 4.98 Å². The molecule has 1 heterocycles. The van der Waals surface area contributed by atoms with Crippen LogP contribution < -0.4 is 9.64 Å². The average Bonchev–Trinajstić information content (AvgIpc) is 2.69. The van der Waals surface area contributed by atoms with Crippen molar-refractivity contribution in [3.63, 3.8) is 0 Å². The smallest absolute Gasteiger partial charge is 0.269 e. The summed E-state index contributed by atoms with van der Waals surface area (Å²) in [5.74, 6) is -0.381. The number of aromatic nitrogens is 1. The van der Waals surface area contributed by atoms with Crippen LogP contribution in [0.2, 0.25) is 5.02 Å². The van der Waals surface area contributed by atoms with Gasteiger partial charge in [0.15, 0.2) is 17.7 Å². The van der Waals surface area contributed by atoms with Crippen molar-refractivity contribution in [1.29, 1.82) is 0 Å². The Morgan fingerprint density at radius 3 is 2.52 bits per heavy atom. The first-order valence-electron chi connectivity index (χ1n) is 8.43. The van der Waals surface area contributed by atoms with Gasteiger partial charge in [-0.25, -0.2) is 9.37 Å². The van der Waals surface area contributed by atoms with Crippen LogP contribution in [0.5, 0.6) is 5.75 Å². The van der Waals surface area contributed by atoms with Crippen LogP contribution in [0.25, 0.3) is 0 Å². The fourth-order valence-electron chi connectivity index (χ4n) is 2.58. The molecule has 0 N–H and O–H groups in total. The lowest BCUT2D eigenvalue weighted by Crippen LogP contribution is -2.40. The third kappa shape index (κ3) is 4.63. The van der Waals surface area contributed by atoms with Crippen molar-refractivity contribution in [3.05, 3.63) is 89.3 Å². The molecule has 3 aromatic rings. The summed E-state index contributed by atoms with van der Waals surface area (Å²) in [5, 5.41) is 0.550. The van der Waals surface area contributed by atoms with Crippen molar-refractivity contribution in [2.45, 2.75) is 19.6 Å². The van der Waals surface area contributed by atoms with E-state index >= 15 is 0 Å². The fourth-order valence-corrected chi connectivity index (χ4v) is 2.78. The number of anilines is 1. The van der Waals surface area contributed by atoms with Crippen LogP contribution in [0, 0.1) is 5.82 Å². The van der Waals surface area contributed by atoms with Crippen LogP contribution in [0.3, 0.4) is 0 Å². The van der Waals surface area contributed by atoms with E-state index in [2.05, 4.69) is 4.98 Å². The minimum atomic E-state index is -0.911. The molecule has 0 saturated heterocycles. The second-order valence-electron chi connectivity index (χ2n) is 5.89. The number of carbonyl (C=O) groups excluding carboxylic acids is 1. The molecular weight excluding hydrogens is 367 g/mol. The number of nitrogens with zero attached hydrogens (tertiary/aromatic N) is 2. The lowest BCUT2D eigenvalue weighted by atomic mass is 10.2. The summed E-state index contributed by atoms with van der Waals surface area (Å²) in [4.78, 5) is 18.8. The molecular formula is C21H18ClFN2O2. The lowest BCUT2D eigenvalue weighted by molar-refractivity contribution is -0.124. The minimum Gasteiger partial charge on any atom is -0.478 e. The quantitative estimate of drug-likeness (QED) is 0.608. The van der Waals surface area contributed by atoms with Crippen LogP contribution in [0.4, 0.5) is 10.2 Å². The molecule has 0 bridgehead atoms. The van der Waals surface area contributed by atoms with Gasteiger partial charge in [0.25, 0.3) is 5.91 Å². The number of amides is 1. The van der Waals surface area contributed by atoms with Gasteiger partial charge < -0.3 is 4.74 Å². The van der Waals surface area contributed by atoms with E-state index in [1.807, 2.05) is 18.2 Å². The SMILES string of the molecule is CC(Oc1ccccc1F)C(=O)N(Cc1ccccc1Cl)c1ccccn1. The summed E-state index contributed by atoms with van der Waals surface area (Å²) >= 11 is 6.25. The number of ether oxygens (including phenoxy) is 1. The number of hydrogen-bond donors (Lipinski definition) is 0. The van der Waals surface area contributed by atoms with Crippen molar-refractivity contribution in [3.8, 4) is 5.75 Å². The summed E-state index contributed by atoms with van der Waals surface area (Å²) in [5.41, 5.74) is 0.774. The van der Waals surface area contributed by atoms with E-state index < -0.39 is 11.9 Å². The highest BCUT2D eigenvalue weighted by Crippen LogP contribution is 2.23. The van der Waals surface area contributed by atoms with Gasteiger partial charge in [-0.1, -0.05) is 48.0 Å². The molecule has 4 nitrogen and oxygen atoms in total. The number of carbonyl (C=O) groups is 1. The van der Waals surface area contributed by atoms with Gasteiger partial charge in [-0.15, -0.1) is 0 Å². The first-order valence-corrected chi connectivity index (χ1v) is 8.81. The third-order valence-electron chi connectivity index (χ3n) is 3.97. The highest BCUT2D eigenvalue weighted by atomic mass is 35.5. The zero-order valence-electron chi connectivity index (χ0n) is 14.7. The fraction of sp³-hybridized carbons (Fsp3) is 0.143. The Hall–Kier alpha value is -2.92. The third-order valence-corrected chi connectivity index (χ3v) is 4.34. The van der Waals surface area contributed by atoms with E-state index in [1.165, 1.54) is 17.0 Å². The minimum absolute atomic E-state index is 0.0251. The van der Waals surface area contributed by atoms with Crippen molar-refractivity contribution in [2.24, 2.45) is 0 Å². The maximum absolute atomic E-state index is 13.9. The molecule has 1 aromatic heterocycles. The predicted octanol–water partition coefficient (Wildman–Crippen LogP) is 4.87. The summed E-state index contributed by atoms with van der Waals surface area (Å²) in [7, 11) is 0. The molecule has 3 rings (SSSR count). The van der Waals surface area contributed by atoms with Crippen LogP contribution in [-0.4, -0.2) is 17.0 Å². The number of para-hydroxylation sites is 1. The molecule has 0 aliphatic carbocycles. The molecule has 0 spiro atoms. The van der Waals surface area contributed by atoms with Gasteiger partial charge in [-0.2, -0.15) is 0 Å². The van der Waals surface area contributed by atoms with E-state index in [1.54, 1.807) is 49.5 Å². The Morgan fingerprint density at radius 1 is 1.11 bits per heavy atom. The van der Waals surface area contributed by atoms with Crippen molar-refractivity contribution >= 4 is 23.3 Å². The van der Waals surface area contributed by atoms with Crippen LogP contribution in [-0.2, 0) is 11.3 Å². The normalized spacial score (nSPS) is 11.7. The zero-order chi connectivity index (χ0) is 19.2. The molecule has 0 aliphatic rings. The van der Waals surface area contributed by atoms with Crippen molar-refractivity contribution in [2.75, 3.05) is 4.90 Å². The van der Waals surface area contributed by atoms with Crippen LogP contribution in [0.1, 0.15) is 12.5 Å². The predicted molar refractivity (Wildman–Crippen MR) is 103 cm³/mol. The molecule has 0 radical (unpaired) electrons. The lowest BCUT2D eigenvalue weighted by Gasteiger charge is -2.26. The monoisotopic (exact) mass is 384 g/mol. The maximum atomic E-state index is 13.9. The highest BCUT2D eigenvalue weighted by molar-refractivity contribution is 6.31. The molecule has 6 heteroatoms. The molecule has 1 atom stereocenters. The summed E-state index contributed by atoms with van der Waals surface area (Å²) in [6.45, 7) is 1.80. The van der Waals surface area contributed by atoms with Gasteiger partial charge in [-0.05, 0) is 42.8 Å². The van der Waals surface area contributed by atoms with Gasteiger partial charge in [0.05, 0.1) is 6.54 Å². The number of halogens is 2. The molecule has 0 aliphatic heterocycles. The molecule has 1 amide bonds. The molecule has 27 heavy (non-hydrogen) atoms. The van der Waals surface area contributed by atoms with Crippen LogP contribution in [0.15, 0.2) is 72.9 Å². The zero-order valence-corrected chi connectivity index (χ0v) is 15.4. The van der Waals surface area contributed by atoms with Gasteiger partial charge >= 0.3 is 0 Å². The molecule has 138 valence electrons. The number of hydrogen-bond acceptors (Lipinski definition) is 3. The van der Waals surface area contributed by atoms with E-state index in [9.17, 15) is 9.18 Å². The van der Waals surface area contributed by atoms with Crippen molar-refractivity contribution < 1.29 is 13.9 Å². The summed E-state index contributed by atoms with van der Waals surface area (Å²) < 4.78 is 19.4. The Labute approximate surface area is 162 Å². The highest BCUT2D eigenvalue weighted by Gasteiger charge is 2.25. The number of pyridine rings is 1. The first kappa shape index (κ1) is 18.9. The number of rotatable bonds is 6. The van der Waals surface area contributed by atoms with Gasteiger partial charge in [0.1, 0.15) is 5.82 Å². The second-order valence-corrected chi connectivity index (χ2v) is 6.30. The van der Waals surface area contributed by atoms with E-state index in [0.29, 0.717) is 10.8 Å². The topological polar surface area (TPSA) is 42.4 Å². The van der Waals surface area contributed by atoms with Gasteiger partial charge in [0.2, 0.25) is 0 Å². The van der Waals surface area contributed by atoms with Gasteiger partial charge in [-0.3, -0.25) is 9.69 Å². The molecule has 0 fully saturated rings. The Morgan fingerprint density at radius 2 is 1.81 bits per heavy atom. The van der Waals surface area contributed by atoms with E-state index in [-0.39, 0.29) is 18.2 Å². The maximum Gasteiger partial charge on any atom is 0.269 e. The second kappa shape index (κ2) is 8.64. The van der Waals surface area contributed by atoms with Crippen LogP contribution >= 0.6 is 11.6 Å². The largest absolute Gasteiger partial charge is 0.478 e. The Kier molecular flexibility index (Phi) is 6.04. The van der Waals surface area contributed by atoms with Gasteiger partial charge in [0, 0.05) is 11.2 Å². The molecule has 1 unspecified atom stereocenters. The molecule has 2 aromatic carbocycles. The average molecular weight is 385 g/mol. The van der Waals surface area contributed by atoms with E-state index in [4.69, 9.17) is 16.3 Å².